The highest BCUT2D eigenvalue weighted by atomic mass is 35.5. The van der Waals surface area contributed by atoms with Gasteiger partial charge in [-0.25, -0.2) is 0 Å². The second-order valence-electron chi connectivity index (χ2n) is 3.18. The van der Waals surface area contributed by atoms with Crippen LogP contribution in [0.1, 0.15) is 17.2 Å². The maximum atomic E-state index is 12.2. The Bertz CT molecular complexity index is 313. The third-order valence-corrected chi connectivity index (χ3v) is 2.01. The topological polar surface area (TPSA) is 35.2 Å². The van der Waals surface area contributed by atoms with Crippen LogP contribution in [0.3, 0.4) is 0 Å². The van der Waals surface area contributed by atoms with Crippen molar-refractivity contribution in [1.29, 1.82) is 0 Å². The fourth-order valence-electron chi connectivity index (χ4n) is 1.20. The van der Waals surface area contributed by atoms with Crippen molar-refractivity contribution in [3.63, 3.8) is 0 Å². The lowest BCUT2D eigenvalue weighted by Gasteiger charge is -2.12. The zero-order valence-corrected chi connectivity index (χ0v) is 9.44. The molecule has 16 heavy (non-hydrogen) atoms. The van der Waals surface area contributed by atoms with Crippen molar-refractivity contribution in [2.45, 2.75) is 12.2 Å². The van der Waals surface area contributed by atoms with E-state index in [0.717, 1.165) is 12.1 Å². The smallest absolute Gasteiger partial charge is 0.383 e. The van der Waals surface area contributed by atoms with E-state index in [-0.39, 0.29) is 19.0 Å². The van der Waals surface area contributed by atoms with Crippen molar-refractivity contribution in [3.8, 4) is 0 Å². The molecule has 0 radical (unpaired) electrons. The third-order valence-electron chi connectivity index (χ3n) is 2.01. The molecule has 0 spiro atoms. The first-order chi connectivity index (χ1) is 6.95. The number of alkyl halides is 3. The summed E-state index contributed by atoms with van der Waals surface area (Å²) in [5.74, 6) is 0. The van der Waals surface area contributed by atoms with Crippen LogP contribution in [-0.4, -0.2) is 13.7 Å². The van der Waals surface area contributed by atoms with Crippen molar-refractivity contribution in [1.82, 2.24) is 0 Å². The van der Waals surface area contributed by atoms with Crippen LogP contribution in [0.2, 0.25) is 0 Å². The number of methoxy groups -OCH3 is 1. The van der Waals surface area contributed by atoms with Gasteiger partial charge in [0.05, 0.1) is 18.2 Å². The van der Waals surface area contributed by atoms with Gasteiger partial charge in [-0.15, -0.1) is 12.4 Å². The Hall–Kier alpha value is -0.780. The van der Waals surface area contributed by atoms with Crippen molar-refractivity contribution in [2.75, 3.05) is 13.7 Å². The van der Waals surface area contributed by atoms with Crippen LogP contribution in [0.4, 0.5) is 13.2 Å². The fourth-order valence-corrected chi connectivity index (χ4v) is 1.20. The predicted molar refractivity (Wildman–Crippen MR) is 57.5 cm³/mol. The Morgan fingerprint density at radius 1 is 1.25 bits per heavy atom. The molecule has 1 aromatic rings. The van der Waals surface area contributed by atoms with E-state index in [1.807, 2.05) is 0 Å². The second kappa shape index (κ2) is 6.08. The standard InChI is InChI=1S/C10H12F3NO.ClH/c1-15-6-9(14)7-2-4-8(5-3-7)10(11,12)13;/h2-5,9H,6,14H2,1H3;1H. The van der Waals surface area contributed by atoms with E-state index in [4.69, 9.17) is 10.5 Å². The molecule has 0 fully saturated rings. The highest BCUT2D eigenvalue weighted by molar-refractivity contribution is 5.85. The van der Waals surface area contributed by atoms with Gasteiger partial charge in [0.25, 0.3) is 0 Å². The van der Waals surface area contributed by atoms with E-state index in [1.54, 1.807) is 0 Å². The van der Waals surface area contributed by atoms with Gasteiger partial charge in [0, 0.05) is 7.11 Å². The highest BCUT2D eigenvalue weighted by Crippen LogP contribution is 2.29. The Labute approximate surface area is 98.0 Å². The number of halogens is 4. The average molecular weight is 256 g/mol. The molecule has 6 heteroatoms. The number of nitrogens with two attached hydrogens (primary N) is 1. The fraction of sp³-hybridized carbons (Fsp3) is 0.400. The molecule has 1 aromatic carbocycles. The lowest BCUT2D eigenvalue weighted by atomic mass is 10.1. The molecule has 0 aliphatic carbocycles. The summed E-state index contributed by atoms with van der Waals surface area (Å²) < 4.78 is 41.4. The summed E-state index contributed by atoms with van der Waals surface area (Å²) in [4.78, 5) is 0. The molecule has 0 saturated heterocycles. The number of ether oxygens (including phenoxy) is 1. The molecule has 1 rings (SSSR count). The summed E-state index contributed by atoms with van der Waals surface area (Å²) in [5.41, 5.74) is 5.62. The van der Waals surface area contributed by atoms with E-state index in [2.05, 4.69) is 0 Å². The number of hydrogen-bond acceptors (Lipinski definition) is 2. The minimum atomic E-state index is -4.30. The lowest BCUT2D eigenvalue weighted by molar-refractivity contribution is -0.137. The first kappa shape index (κ1) is 15.2. The zero-order valence-electron chi connectivity index (χ0n) is 8.62. The molecule has 0 heterocycles. The first-order valence-corrected chi connectivity index (χ1v) is 4.37. The average Bonchev–Trinajstić information content (AvgIpc) is 2.17. The van der Waals surface area contributed by atoms with Crippen molar-refractivity contribution in [2.24, 2.45) is 5.73 Å². The molecular weight excluding hydrogens is 243 g/mol. The van der Waals surface area contributed by atoms with Crippen molar-refractivity contribution < 1.29 is 17.9 Å². The zero-order chi connectivity index (χ0) is 11.5. The first-order valence-electron chi connectivity index (χ1n) is 4.37. The molecule has 2 N–H and O–H groups in total. The van der Waals surface area contributed by atoms with Gasteiger partial charge in [0.2, 0.25) is 0 Å². The van der Waals surface area contributed by atoms with Crippen LogP contribution in [0.5, 0.6) is 0 Å². The molecule has 0 aromatic heterocycles. The minimum absolute atomic E-state index is 0. The third kappa shape index (κ3) is 4.00. The molecular formula is C10H13ClF3NO. The maximum absolute atomic E-state index is 12.2. The van der Waals surface area contributed by atoms with Gasteiger partial charge in [-0.1, -0.05) is 12.1 Å². The SMILES string of the molecule is COCC(N)c1ccc(C(F)(F)F)cc1.Cl. The van der Waals surface area contributed by atoms with E-state index in [1.165, 1.54) is 19.2 Å². The van der Waals surface area contributed by atoms with Crippen LogP contribution < -0.4 is 5.73 Å². The second-order valence-corrected chi connectivity index (χ2v) is 3.18. The Kier molecular flexibility index (Phi) is 5.78. The molecule has 1 unspecified atom stereocenters. The van der Waals surface area contributed by atoms with Crippen LogP contribution in [-0.2, 0) is 10.9 Å². The van der Waals surface area contributed by atoms with Crippen LogP contribution in [0.25, 0.3) is 0 Å². The summed E-state index contributed by atoms with van der Waals surface area (Å²) in [5, 5.41) is 0. The monoisotopic (exact) mass is 255 g/mol. The number of hydrogen-bond donors (Lipinski definition) is 1. The van der Waals surface area contributed by atoms with Gasteiger partial charge < -0.3 is 10.5 Å². The predicted octanol–water partition coefficient (Wildman–Crippen LogP) is 2.77. The van der Waals surface area contributed by atoms with E-state index in [9.17, 15) is 13.2 Å². The molecule has 0 bridgehead atoms. The summed E-state index contributed by atoms with van der Waals surface area (Å²) in [6.45, 7) is 0.283. The maximum Gasteiger partial charge on any atom is 0.416 e. The number of benzene rings is 1. The summed E-state index contributed by atoms with van der Waals surface area (Å²) >= 11 is 0. The molecule has 0 aliphatic rings. The van der Waals surface area contributed by atoms with Gasteiger partial charge in [-0.2, -0.15) is 13.2 Å². The van der Waals surface area contributed by atoms with E-state index < -0.39 is 17.8 Å². The van der Waals surface area contributed by atoms with Gasteiger partial charge in [0.1, 0.15) is 0 Å². The Morgan fingerprint density at radius 2 is 1.75 bits per heavy atom. The molecule has 1 atom stereocenters. The Morgan fingerprint density at radius 3 is 2.12 bits per heavy atom. The highest BCUT2D eigenvalue weighted by Gasteiger charge is 2.30. The molecule has 0 saturated carbocycles. The molecule has 0 amide bonds. The minimum Gasteiger partial charge on any atom is -0.383 e. The van der Waals surface area contributed by atoms with Crippen molar-refractivity contribution in [3.05, 3.63) is 35.4 Å². The van der Waals surface area contributed by atoms with E-state index in [0.29, 0.717) is 5.56 Å². The normalized spacial score (nSPS) is 13.1. The summed E-state index contributed by atoms with van der Waals surface area (Å²) in [6, 6.07) is 4.38. The van der Waals surface area contributed by atoms with Gasteiger partial charge in [-0.3, -0.25) is 0 Å². The molecule has 92 valence electrons. The summed E-state index contributed by atoms with van der Waals surface area (Å²) in [6.07, 6.45) is -4.30. The van der Waals surface area contributed by atoms with Crippen LogP contribution in [0.15, 0.2) is 24.3 Å². The van der Waals surface area contributed by atoms with Gasteiger partial charge in [-0.05, 0) is 17.7 Å². The van der Waals surface area contributed by atoms with E-state index >= 15 is 0 Å². The van der Waals surface area contributed by atoms with Crippen molar-refractivity contribution >= 4 is 12.4 Å². The summed E-state index contributed by atoms with van der Waals surface area (Å²) in [7, 11) is 1.49. The quantitative estimate of drug-likeness (QED) is 0.901. The van der Waals surface area contributed by atoms with Gasteiger partial charge >= 0.3 is 6.18 Å². The lowest BCUT2D eigenvalue weighted by Crippen LogP contribution is -2.16. The Balaban J connectivity index is 0.00000225. The number of rotatable bonds is 3. The van der Waals surface area contributed by atoms with Crippen LogP contribution in [0, 0.1) is 0 Å². The molecule has 0 aliphatic heterocycles. The molecule has 2 nitrogen and oxygen atoms in total. The van der Waals surface area contributed by atoms with Gasteiger partial charge in [0.15, 0.2) is 0 Å². The largest absolute Gasteiger partial charge is 0.416 e. The van der Waals surface area contributed by atoms with Crippen LogP contribution >= 0.6 is 12.4 Å².